The van der Waals surface area contributed by atoms with E-state index in [1.165, 1.54) is 24.3 Å². The molecule has 0 N–H and O–H groups in total. The van der Waals surface area contributed by atoms with Crippen molar-refractivity contribution >= 4 is 39.6 Å². The van der Waals surface area contributed by atoms with Crippen molar-refractivity contribution in [2.75, 3.05) is 0 Å². The highest BCUT2D eigenvalue weighted by Crippen LogP contribution is 2.32. The lowest BCUT2D eigenvalue weighted by molar-refractivity contribution is -0.128. The molecule has 2 aromatic rings. The first-order chi connectivity index (χ1) is 9.95. The van der Waals surface area contributed by atoms with Crippen molar-refractivity contribution < 1.29 is 13.9 Å². The molecular weight excluding hydrogens is 359 g/mol. The van der Waals surface area contributed by atoms with Crippen LogP contribution in [0.2, 0.25) is 5.02 Å². The van der Waals surface area contributed by atoms with Gasteiger partial charge in [0, 0.05) is 10.5 Å². The Hall–Kier alpha value is -1.65. The van der Waals surface area contributed by atoms with E-state index in [0.717, 1.165) is 10.0 Å². The van der Waals surface area contributed by atoms with E-state index in [1.807, 2.05) is 0 Å². The fourth-order valence-corrected chi connectivity index (χ4v) is 2.74. The van der Waals surface area contributed by atoms with Crippen LogP contribution < -0.4 is 4.74 Å². The minimum absolute atomic E-state index is 0.314. The third-order valence-corrected chi connectivity index (χ3v) is 3.40. The van der Waals surface area contributed by atoms with Crippen molar-refractivity contribution in [3.05, 3.63) is 68.9 Å². The average molecular weight is 370 g/mol. The summed E-state index contributed by atoms with van der Waals surface area (Å²) in [6, 6.07) is 9.35. The standard InChI is InChI=1S/C16H11BrClFO2/c1-10-7-12(17)9-14(18)16(10)21-15(20)6-5-11-3-2-4-13(19)8-11/h2-9H,1H3/b6-5+. The minimum Gasteiger partial charge on any atom is -0.421 e. The number of aryl methyl sites for hydroxylation is 1. The van der Waals surface area contributed by atoms with Crippen molar-refractivity contribution in [2.45, 2.75) is 6.92 Å². The summed E-state index contributed by atoms with van der Waals surface area (Å²) < 4.78 is 19.0. The van der Waals surface area contributed by atoms with Crippen molar-refractivity contribution in [3.8, 4) is 5.75 Å². The third-order valence-electron chi connectivity index (χ3n) is 2.66. The molecule has 2 rings (SSSR count). The maximum atomic E-state index is 13.0. The monoisotopic (exact) mass is 368 g/mol. The molecule has 0 saturated carbocycles. The number of carbonyl (C=O) groups is 1. The van der Waals surface area contributed by atoms with Crippen LogP contribution in [-0.4, -0.2) is 5.97 Å². The predicted octanol–water partition coefficient (Wildman–Crippen LogP) is 5.17. The molecule has 0 atom stereocenters. The van der Waals surface area contributed by atoms with Crippen LogP contribution in [0.15, 0.2) is 46.9 Å². The molecule has 108 valence electrons. The number of benzene rings is 2. The Morgan fingerprint density at radius 2 is 2.10 bits per heavy atom. The van der Waals surface area contributed by atoms with Gasteiger partial charge < -0.3 is 4.74 Å². The molecule has 0 aliphatic carbocycles. The molecule has 0 amide bonds. The summed E-state index contributed by atoms with van der Waals surface area (Å²) in [5, 5.41) is 0.342. The van der Waals surface area contributed by atoms with Crippen LogP contribution >= 0.6 is 27.5 Å². The number of carbonyl (C=O) groups excluding carboxylic acids is 1. The van der Waals surface area contributed by atoms with Crippen LogP contribution in [0.4, 0.5) is 4.39 Å². The molecule has 2 nitrogen and oxygen atoms in total. The number of hydrogen-bond donors (Lipinski definition) is 0. The topological polar surface area (TPSA) is 26.3 Å². The van der Waals surface area contributed by atoms with Crippen molar-refractivity contribution in [3.63, 3.8) is 0 Å². The van der Waals surface area contributed by atoms with Crippen LogP contribution in [0.25, 0.3) is 6.08 Å². The molecule has 0 aliphatic rings. The van der Waals surface area contributed by atoms with Gasteiger partial charge in [-0.2, -0.15) is 0 Å². The molecule has 0 aromatic heterocycles. The maximum Gasteiger partial charge on any atom is 0.336 e. The Labute approximate surface area is 135 Å². The summed E-state index contributed by atoms with van der Waals surface area (Å²) in [4.78, 5) is 11.8. The summed E-state index contributed by atoms with van der Waals surface area (Å²) in [6.07, 6.45) is 2.71. The van der Waals surface area contributed by atoms with Gasteiger partial charge >= 0.3 is 5.97 Å². The van der Waals surface area contributed by atoms with E-state index in [9.17, 15) is 9.18 Å². The van der Waals surface area contributed by atoms with Gasteiger partial charge in [0.15, 0.2) is 5.75 Å². The SMILES string of the molecule is Cc1cc(Br)cc(Cl)c1OC(=O)/C=C/c1cccc(F)c1. The molecule has 0 radical (unpaired) electrons. The van der Waals surface area contributed by atoms with E-state index in [0.29, 0.717) is 16.3 Å². The zero-order chi connectivity index (χ0) is 15.4. The summed E-state index contributed by atoms with van der Waals surface area (Å²) in [5.74, 6) is -0.627. The fraction of sp³-hybridized carbons (Fsp3) is 0.0625. The predicted molar refractivity (Wildman–Crippen MR) is 85.0 cm³/mol. The average Bonchev–Trinajstić information content (AvgIpc) is 2.40. The third kappa shape index (κ3) is 4.41. The molecule has 0 aliphatic heterocycles. The van der Waals surface area contributed by atoms with E-state index in [-0.39, 0.29) is 5.82 Å². The Morgan fingerprint density at radius 1 is 1.33 bits per heavy atom. The lowest BCUT2D eigenvalue weighted by Gasteiger charge is -2.08. The first-order valence-corrected chi connectivity index (χ1v) is 7.24. The highest BCUT2D eigenvalue weighted by Gasteiger charge is 2.10. The largest absolute Gasteiger partial charge is 0.421 e. The molecule has 0 bridgehead atoms. The van der Waals surface area contributed by atoms with Crippen LogP contribution in [0.5, 0.6) is 5.75 Å². The van der Waals surface area contributed by atoms with Gasteiger partial charge in [0.2, 0.25) is 0 Å². The molecule has 0 fully saturated rings. The summed E-state index contributed by atoms with van der Waals surface area (Å²) in [5.41, 5.74) is 1.31. The molecule has 0 heterocycles. The van der Waals surface area contributed by atoms with E-state index in [2.05, 4.69) is 15.9 Å². The van der Waals surface area contributed by atoms with Gasteiger partial charge in [-0.05, 0) is 48.4 Å². The molecule has 0 unspecified atom stereocenters. The van der Waals surface area contributed by atoms with Crippen molar-refractivity contribution in [2.24, 2.45) is 0 Å². The number of esters is 1. The van der Waals surface area contributed by atoms with Crippen molar-refractivity contribution in [1.29, 1.82) is 0 Å². The minimum atomic E-state index is -0.577. The van der Waals surface area contributed by atoms with E-state index in [1.54, 1.807) is 31.2 Å². The molecule has 0 spiro atoms. The molecule has 2 aromatic carbocycles. The fourth-order valence-electron chi connectivity index (χ4n) is 1.73. The van der Waals surface area contributed by atoms with E-state index < -0.39 is 5.97 Å². The van der Waals surface area contributed by atoms with Gasteiger partial charge in [0.25, 0.3) is 0 Å². The smallest absolute Gasteiger partial charge is 0.336 e. The molecule has 5 heteroatoms. The Bertz CT molecular complexity index is 690. The quantitative estimate of drug-likeness (QED) is 0.424. The van der Waals surface area contributed by atoms with Gasteiger partial charge in [-0.25, -0.2) is 9.18 Å². The summed E-state index contributed by atoms with van der Waals surface area (Å²) in [6.45, 7) is 1.79. The summed E-state index contributed by atoms with van der Waals surface area (Å²) >= 11 is 9.34. The number of halogens is 3. The summed E-state index contributed by atoms with van der Waals surface area (Å²) in [7, 11) is 0. The number of rotatable bonds is 3. The highest BCUT2D eigenvalue weighted by atomic mass is 79.9. The Balaban J connectivity index is 2.12. The lowest BCUT2D eigenvalue weighted by Crippen LogP contribution is -2.05. The van der Waals surface area contributed by atoms with Crippen LogP contribution in [0, 0.1) is 12.7 Å². The Morgan fingerprint density at radius 3 is 2.76 bits per heavy atom. The van der Waals surface area contributed by atoms with Crippen molar-refractivity contribution in [1.82, 2.24) is 0 Å². The van der Waals surface area contributed by atoms with Gasteiger partial charge in [0.05, 0.1) is 5.02 Å². The first-order valence-electron chi connectivity index (χ1n) is 6.07. The molecule has 0 saturated heterocycles. The molecular formula is C16H11BrClFO2. The van der Waals surface area contributed by atoms with Gasteiger partial charge in [-0.15, -0.1) is 0 Å². The zero-order valence-corrected chi connectivity index (χ0v) is 13.4. The molecule has 21 heavy (non-hydrogen) atoms. The van der Waals surface area contributed by atoms with E-state index in [4.69, 9.17) is 16.3 Å². The van der Waals surface area contributed by atoms with Gasteiger partial charge in [-0.1, -0.05) is 39.7 Å². The second-order valence-electron chi connectivity index (χ2n) is 4.34. The van der Waals surface area contributed by atoms with Gasteiger partial charge in [0.1, 0.15) is 5.82 Å². The second-order valence-corrected chi connectivity index (χ2v) is 5.67. The van der Waals surface area contributed by atoms with E-state index >= 15 is 0 Å². The highest BCUT2D eigenvalue weighted by molar-refractivity contribution is 9.10. The second kappa shape index (κ2) is 6.87. The number of hydrogen-bond acceptors (Lipinski definition) is 2. The maximum absolute atomic E-state index is 13.0. The van der Waals surface area contributed by atoms with Gasteiger partial charge in [-0.3, -0.25) is 0 Å². The van der Waals surface area contributed by atoms with Crippen LogP contribution in [0.1, 0.15) is 11.1 Å². The van der Waals surface area contributed by atoms with Crippen LogP contribution in [0.3, 0.4) is 0 Å². The van der Waals surface area contributed by atoms with Crippen LogP contribution in [-0.2, 0) is 4.79 Å². The first kappa shape index (κ1) is 15.7. The number of ether oxygens (including phenoxy) is 1. The normalized spacial score (nSPS) is 10.9. The zero-order valence-electron chi connectivity index (χ0n) is 11.1. The Kier molecular flexibility index (Phi) is 5.15. The lowest BCUT2D eigenvalue weighted by atomic mass is 10.2.